The summed E-state index contributed by atoms with van der Waals surface area (Å²) in [6.07, 6.45) is -0.901. The zero-order chi connectivity index (χ0) is 22.4. The molecule has 31 heavy (non-hydrogen) atoms. The van der Waals surface area contributed by atoms with E-state index in [2.05, 4.69) is 4.98 Å². The van der Waals surface area contributed by atoms with E-state index < -0.39 is 23.3 Å². The minimum Gasteiger partial charge on any atom is -0.493 e. The standard InChI is InChI=1S/C24H26F3NO2S/c1-23(2,19-11-16(25)8-14-6-7-30-21(14)19)13-24(29,22(26)27)12-17-9-15-10-18(31-3)4-5-20(15)28-17/h4-5,8-11,22,28-29H,6-7,12-13H2,1-3H3. The molecule has 0 bridgehead atoms. The molecule has 0 saturated carbocycles. The Balaban J connectivity index is 1.65. The highest BCUT2D eigenvalue weighted by molar-refractivity contribution is 7.98. The molecular weight excluding hydrogens is 423 g/mol. The monoisotopic (exact) mass is 449 g/mol. The van der Waals surface area contributed by atoms with Crippen molar-refractivity contribution in [3.63, 3.8) is 0 Å². The van der Waals surface area contributed by atoms with Crippen molar-refractivity contribution in [2.75, 3.05) is 12.9 Å². The molecule has 3 nitrogen and oxygen atoms in total. The number of aromatic nitrogens is 1. The highest BCUT2D eigenvalue weighted by Crippen LogP contribution is 2.44. The quantitative estimate of drug-likeness (QED) is 0.444. The van der Waals surface area contributed by atoms with Gasteiger partial charge in [-0.25, -0.2) is 13.2 Å². The molecule has 0 saturated heterocycles. The number of fused-ring (bicyclic) bond motifs is 2. The summed E-state index contributed by atoms with van der Waals surface area (Å²) in [4.78, 5) is 4.22. The first kappa shape index (κ1) is 22.1. The second kappa shape index (κ2) is 8.10. The number of benzene rings is 2. The first-order chi connectivity index (χ1) is 14.6. The average Bonchev–Trinajstić information content (AvgIpc) is 3.31. The van der Waals surface area contributed by atoms with Crippen molar-refractivity contribution in [1.29, 1.82) is 0 Å². The average molecular weight is 450 g/mol. The van der Waals surface area contributed by atoms with Crippen molar-refractivity contribution in [2.24, 2.45) is 0 Å². The lowest BCUT2D eigenvalue weighted by Crippen LogP contribution is -2.45. The molecule has 0 aliphatic carbocycles. The molecule has 1 aromatic heterocycles. The third-order valence-corrected chi connectivity index (χ3v) is 6.74. The van der Waals surface area contributed by atoms with Crippen LogP contribution in [0, 0.1) is 5.82 Å². The Bertz CT molecular complexity index is 1110. The van der Waals surface area contributed by atoms with Crippen molar-refractivity contribution in [3.8, 4) is 5.75 Å². The first-order valence-electron chi connectivity index (χ1n) is 10.2. The van der Waals surface area contributed by atoms with Crippen LogP contribution in [0.25, 0.3) is 10.9 Å². The maximum atomic E-state index is 14.2. The third-order valence-electron chi connectivity index (χ3n) is 6.01. The van der Waals surface area contributed by atoms with Gasteiger partial charge >= 0.3 is 0 Å². The van der Waals surface area contributed by atoms with Crippen LogP contribution in [-0.2, 0) is 18.3 Å². The van der Waals surface area contributed by atoms with E-state index in [1.807, 2.05) is 24.5 Å². The van der Waals surface area contributed by atoms with E-state index in [1.165, 1.54) is 12.1 Å². The van der Waals surface area contributed by atoms with Crippen LogP contribution in [0.2, 0.25) is 0 Å². The zero-order valence-corrected chi connectivity index (χ0v) is 18.6. The Kier molecular flexibility index (Phi) is 5.77. The van der Waals surface area contributed by atoms with E-state index >= 15 is 0 Å². The number of thioether (sulfide) groups is 1. The van der Waals surface area contributed by atoms with Gasteiger partial charge in [-0.2, -0.15) is 0 Å². The summed E-state index contributed by atoms with van der Waals surface area (Å²) in [5.41, 5.74) is -0.596. The van der Waals surface area contributed by atoms with Gasteiger partial charge in [0, 0.05) is 45.5 Å². The van der Waals surface area contributed by atoms with Crippen molar-refractivity contribution in [3.05, 3.63) is 59.0 Å². The van der Waals surface area contributed by atoms with Gasteiger partial charge in [0.05, 0.1) is 6.61 Å². The molecule has 0 spiro atoms. The zero-order valence-electron chi connectivity index (χ0n) is 17.8. The van der Waals surface area contributed by atoms with Gasteiger partial charge < -0.3 is 14.8 Å². The lowest BCUT2D eigenvalue weighted by molar-refractivity contribution is -0.110. The summed E-state index contributed by atoms with van der Waals surface area (Å²) in [6, 6.07) is 10.4. The number of rotatable bonds is 7. The summed E-state index contributed by atoms with van der Waals surface area (Å²) < 4.78 is 48.2. The minimum atomic E-state index is -2.97. The van der Waals surface area contributed by atoms with E-state index in [9.17, 15) is 18.3 Å². The van der Waals surface area contributed by atoms with Gasteiger partial charge in [0.1, 0.15) is 17.2 Å². The number of hydrogen-bond donors (Lipinski definition) is 2. The van der Waals surface area contributed by atoms with Crippen LogP contribution in [0.5, 0.6) is 5.75 Å². The number of halogens is 3. The molecular formula is C24H26F3NO2S. The van der Waals surface area contributed by atoms with Crippen LogP contribution in [0.3, 0.4) is 0 Å². The largest absolute Gasteiger partial charge is 0.493 e. The Hall–Kier alpha value is -2.12. The molecule has 0 fully saturated rings. The maximum absolute atomic E-state index is 14.2. The molecule has 1 aliphatic heterocycles. The van der Waals surface area contributed by atoms with Gasteiger partial charge in [0.15, 0.2) is 0 Å². The van der Waals surface area contributed by atoms with Crippen LogP contribution in [0.1, 0.15) is 37.1 Å². The first-order valence-corrected chi connectivity index (χ1v) is 11.5. The lowest BCUT2D eigenvalue weighted by atomic mass is 9.73. The van der Waals surface area contributed by atoms with Gasteiger partial charge in [0.25, 0.3) is 6.43 Å². The van der Waals surface area contributed by atoms with E-state index in [0.717, 1.165) is 21.4 Å². The van der Waals surface area contributed by atoms with Crippen LogP contribution >= 0.6 is 11.8 Å². The molecule has 2 N–H and O–H groups in total. The molecule has 2 aromatic carbocycles. The number of hydrogen-bond acceptors (Lipinski definition) is 3. The highest BCUT2D eigenvalue weighted by Gasteiger charge is 2.44. The Morgan fingerprint density at radius 2 is 1.97 bits per heavy atom. The molecule has 7 heteroatoms. The fourth-order valence-corrected chi connectivity index (χ4v) is 5.02. The molecule has 3 aromatic rings. The third kappa shape index (κ3) is 4.30. The molecule has 166 valence electrons. The molecule has 1 unspecified atom stereocenters. The predicted molar refractivity (Wildman–Crippen MR) is 118 cm³/mol. The number of ether oxygens (including phenoxy) is 1. The number of alkyl halides is 2. The number of H-pyrrole nitrogens is 1. The van der Waals surface area contributed by atoms with Gasteiger partial charge in [-0.1, -0.05) is 13.8 Å². The van der Waals surface area contributed by atoms with Crippen molar-refractivity contribution in [2.45, 2.75) is 55.4 Å². The number of nitrogens with one attached hydrogen (secondary N) is 1. The second-order valence-corrected chi connectivity index (χ2v) is 9.81. The highest BCUT2D eigenvalue weighted by atomic mass is 32.2. The van der Waals surface area contributed by atoms with Crippen molar-refractivity contribution >= 4 is 22.7 Å². The molecule has 1 atom stereocenters. The van der Waals surface area contributed by atoms with Crippen molar-refractivity contribution in [1.82, 2.24) is 4.98 Å². The van der Waals surface area contributed by atoms with Gasteiger partial charge in [-0.15, -0.1) is 11.8 Å². The molecule has 1 aliphatic rings. The van der Waals surface area contributed by atoms with Gasteiger partial charge in [-0.05, 0) is 54.5 Å². The van der Waals surface area contributed by atoms with E-state index in [4.69, 9.17) is 4.74 Å². The summed E-state index contributed by atoms with van der Waals surface area (Å²) in [6.45, 7) is 3.92. The Morgan fingerprint density at radius 3 is 2.68 bits per heavy atom. The Morgan fingerprint density at radius 1 is 1.19 bits per heavy atom. The fraction of sp³-hybridized carbons (Fsp3) is 0.417. The fourth-order valence-electron chi connectivity index (χ4n) is 4.57. The van der Waals surface area contributed by atoms with Crippen LogP contribution in [0.4, 0.5) is 13.2 Å². The normalized spacial score (nSPS) is 15.9. The van der Waals surface area contributed by atoms with Gasteiger partial charge in [-0.3, -0.25) is 0 Å². The minimum absolute atomic E-state index is 0.240. The number of aromatic amines is 1. The smallest absolute Gasteiger partial charge is 0.267 e. The van der Waals surface area contributed by atoms with Crippen LogP contribution in [-0.4, -0.2) is 35.0 Å². The lowest BCUT2D eigenvalue weighted by Gasteiger charge is -2.36. The molecule has 0 radical (unpaired) electrons. The van der Waals surface area contributed by atoms with E-state index in [0.29, 0.717) is 30.0 Å². The SMILES string of the molecule is CSc1ccc2[nH]c(CC(O)(CC(C)(C)c3cc(F)cc4c3OCC4)C(F)F)cc2c1. The molecule has 2 heterocycles. The Labute approximate surface area is 184 Å². The van der Waals surface area contributed by atoms with Gasteiger partial charge in [0.2, 0.25) is 0 Å². The number of aliphatic hydroxyl groups is 1. The summed E-state index contributed by atoms with van der Waals surface area (Å²) in [5, 5.41) is 12.0. The predicted octanol–water partition coefficient (Wildman–Crippen LogP) is 5.87. The van der Waals surface area contributed by atoms with Crippen LogP contribution < -0.4 is 4.74 Å². The topological polar surface area (TPSA) is 45.2 Å². The second-order valence-electron chi connectivity index (χ2n) is 8.93. The molecule has 0 amide bonds. The maximum Gasteiger partial charge on any atom is 0.267 e. The summed E-state index contributed by atoms with van der Waals surface area (Å²) in [5.74, 6) is 0.131. The summed E-state index contributed by atoms with van der Waals surface area (Å²) in [7, 11) is 0. The summed E-state index contributed by atoms with van der Waals surface area (Å²) >= 11 is 1.60. The van der Waals surface area contributed by atoms with E-state index in [1.54, 1.807) is 31.7 Å². The van der Waals surface area contributed by atoms with E-state index in [-0.39, 0.29) is 12.8 Å². The molecule has 4 rings (SSSR count). The van der Waals surface area contributed by atoms with Crippen LogP contribution in [0.15, 0.2) is 41.3 Å². The van der Waals surface area contributed by atoms with Crippen molar-refractivity contribution < 1.29 is 23.0 Å².